The van der Waals surface area contributed by atoms with Crippen molar-refractivity contribution in [2.45, 2.75) is 19.4 Å². The van der Waals surface area contributed by atoms with Crippen LogP contribution in [0, 0.1) is 0 Å². The topological polar surface area (TPSA) is 101 Å². The van der Waals surface area contributed by atoms with Gasteiger partial charge in [-0.1, -0.05) is 5.21 Å². The standard InChI is InChI=1S/C16H25N7O2.HI/c1-22(2)15(24)13-19-16(18-8-6-14-5-3-12-25-14)17-7-4-10-23-11-9-20-21-23;/h3,5,9,11-12H,4,6-8,10,13H2,1-2H3,(H2,17,18,19);1H. The van der Waals surface area contributed by atoms with Crippen LogP contribution in [0.1, 0.15) is 12.2 Å². The molecule has 0 saturated carbocycles. The number of hydrogen-bond acceptors (Lipinski definition) is 5. The number of nitrogens with one attached hydrogen (secondary N) is 2. The summed E-state index contributed by atoms with van der Waals surface area (Å²) in [6, 6.07) is 3.79. The van der Waals surface area contributed by atoms with Gasteiger partial charge in [0.2, 0.25) is 5.91 Å². The minimum Gasteiger partial charge on any atom is -0.469 e. The Morgan fingerprint density at radius 2 is 2.15 bits per heavy atom. The number of guanidine groups is 1. The van der Waals surface area contributed by atoms with Crippen molar-refractivity contribution in [3.63, 3.8) is 0 Å². The van der Waals surface area contributed by atoms with Gasteiger partial charge in [0.15, 0.2) is 5.96 Å². The zero-order valence-corrected chi connectivity index (χ0v) is 17.4. The maximum Gasteiger partial charge on any atom is 0.243 e. The van der Waals surface area contributed by atoms with Gasteiger partial charge in [-0.2, -0.15) is 0 Å². The maximum absolute atomic E-state index is 11.7. The Labute approximate surface area is 170 Å². The fraction of sp³-hybridized carbons (Fsp3) is 0.500. The van der Waals surface area contributed by atoms with E-state index in [1.165, 1.54) is 4.90 Å². The molecule has 2 N–H and O–H groups in total. The molecule has 0 unspecified atom stereocenters. The number of carbonyl (C=O) groups excluding carboxylic acids is 1. The summed E-state index contributed by atoms with van der Waals surface area (Å²) in [5.41, 5.74) is 0. The van der Waals surface area contributed by atoms with E-state index in [1.54, 1.807) is 31.2 Å². The molecule has 2 aromatic rings. The first-order valence-electron chi connectivity index (χ1n) is 8.24. The van der Waals surface area contributed by atoms with Crippen LogP contribution in [0.2, 0.25) is 0 Å². The van der Waals surface area contributed by atoms with E-state index in [0.717, 1.165) is 25.1 Å². The van der Waals surface area contributed by atoms with Gasteiger partial charge in [0.1, 0.15) is 12.3 Å². The highest BCUT2D eigenvalue weighted by Crippen LogP contribution is 1.99. The Bertz CT molecular complexity index is 642. The first-order chi connectivity index (χ1) is 12.1. The van der Waals surface area contributed by atoms with Gasteiger partial charge in [0.25, 0.3) is 0 Å². The average Bonchev–Trinajstić information content (AvgIpc) is 3.29. The Kier molecular flexibility index (Phi) is 10.4. The van der Waals surface area contributed by atoms with Crippen LogP contribution in [-0.2, 0) is 17.8 Å². The minimum absolute atomic E-state index is 0. The van der Waals surface area contributed by atoms with Crippen LogP contribution in [0.4, 0.5) is 0 Å². The number of halogens is 1. The van der Waals surface area contributed by atoms with Crippen molar-refractivity contribution in [1.29, 1.82) is 0 Å². The number of aryl methyl sites for hydroxylation is 1. The molecule has 0 bridgehead atoms. The second-order valence-corrected chi connectivity index (χ2v) is 5.66. The van der Waals surface area contributed by atoms with Crippen molar-refractivity contribution in [3.05, 3.63) is 36.5 Å². The van der Waals surface area contributed by atoms with Gasteiger partial charge in [0.05, 0.1) is 12.5 Å². The van der Waals surface area contributed by atoms with E-state index in [1.807, 2.05) is 18.3 Å². The second-order valence-electron chi connectivity index (χ2n) is 5.66. The first-order valence-corrected chi connectivity index (χ1v) is 8.24. The zero-order chi connectivity index (χ0) is 17.9. The summed E-state index contributed by atoms with van der Waals surface area (Å²) in [6.07, 6.45) is 6.75. The van der Waals surface area contributed by atoms with Crippen LogP contribution in [0.15, 0.2) is 40.2 Å². The minimum atomic E-state index is -0.0465. The van der Waals surface area contributed by atoms with Gasteiger partial charge in [-0.05, 0) is 18.6 Å². The van der Waals surface area contributed by atoms with Crippen LogP contribution < -0.4 is 10.6 Å². The number of likely N-dealkylation sites (N-methyl/N-ethyl adjacent to an activating group) is 1. The Morgan fingerprint density at radius 3 is 2.81 bits per heavy atom. The Morgan fingerprint density at radius 1 is 1.35 bits per heavy atom. The molecule has 9 nitrogen and oxygen atoms in total. The van der Waals surface area contributed by atoms with Crippen molar-refractivity contribution < 1.29 is 9.21 Å². The predicted molar refractivity (Wildman–Crippen MR) is 109 cm³/mol. The van der Waals surface area contributed by atoms with Crippen LogP contribution in [0.5, 0.6) is 0 Å². The maximum atomic E-state index is 11.7. The van der Waals surface area contributed by atoms with Crippen LogP contribution in [0.3, 0.4) is 0 Å². The van der Waals surface area contributed by atoms with Gasteiger partial charge in [-0.3, -0.25) is 9.48 Å². The third-order valence-corrected chi connectivity index (χ3v) is 3.44. The molecule has 0 spiro atoms. The van der Waals surface area contributed by atoms with Gasteiger partial charge in [-0.15, -0.1) is 29.1 Å². The summed E-state index contributed by atoms with van der Waals surface area (Å²) in [7, 11) is 3.43. The monoisotopic (exact) mass is 475 g/mol. The highest BCUT2D eigenvalue weighted by molar-refractivity contribution is 14.0. The summed E-state index contributed by atoms with van der Waals surface area (Å²) in [5, 5.41) is 14.1. The molecule has 2 rings (SSSR count). The highest BCUT2D eigenvalue weighted by atomic mass is 127. The van der Waals surface area contributed by atoms with E-state index < -0.39 is 0 Å². The lowest BCUT2D eigenvalue weighted by atomic mass is 10.3. The molecule has 1 amide bonds. The molecular weight excluding hydrogens is 449 g/mol. The molecule has 144 valence electrons. The molecule has 0 aromatic carbocycles. The third kappa shape index (κ3) is 8.32. The van der Waals surface area contributed by atoms with Crippen LogP contribution in [-0.4, -0.2) is 65.5 Å². The normalized spacial score (nSPS) is 10.9. The van der Waals surface area contributed by atoms with E-state index in [-0.39, 0.29) is 36.4 Å². The molecule has 0 aliphatic carbocycles. The van der Waals surface area contributed by atoms with E-state index in [4.69, 9.17) is 4.42 Å². The van der Waals surface area contributed by atoms with Gasteiger partial charge >= 0.3 is 0 Å². The first kappa shape index (κ1) is 21.9. The number of nitrogens with zero attached hydrogens (tertiary/aromatic N) is 5. The molecule has 0 aliphatic rings. The van der Waals surface area contributed by atoms with Crippen LogP contribution in [0.25, 0.3) is 0 Å². The molecule has 10 heteroatoms. The number of hydrogen-bond donors (Lipinski definition) is 2. The Hall–Kier alpha value is -2.11. The molecule has 0 fully saturated rings. The van der Waals surface area contributed by atoms with Crippen molar-refractivity contribution in [1.82, 2.24) is 30.5 Å². The van der Waals surface area contributed by atoms with E-state index >= 15 is 0 Å². The number of aromatic nitrogens is 3. The summed E-state index contributed by atoms with van der Waals surface area (Å²) >= 11 is 0. The van der Waals surface area contributed by atoms with E-state index in [2.05, 4.69) is 25.9 Å². The lowest BCUT2D eigenvalue weighted by molar-refractivity contribution is -0.127. The van der Waals surface area contributed by atoms with Crippen molar-refractivity contribution in [2.24, 2.45) is 4.99 Å². The molecule has 2 aromatic heterocycles. The van der Waals surface area contributed by atoms with Crippen molar-refractivity contribution in [2.75, 3.05) is 33.7 Å². The van der Waals surface area contributed by atoms with E-state index in [0.29, 0.717) is 19.0 Å². The highest BCUT2D eigenvalue weighted by Gasteiger charge is 2.05. The average molecular weight is 475 g/mol. The summed E-state index contributed by atoms with van der Waals surface area (Å²) < 4.78 is 7.08. The number of furan rings is 1. The fourth-order valence-electron chi connectivity index (χ4n) is 2.02. The SMILES string of the molecule is CN(C)C(=O)CN=C(NCCCn1ccnn1)NCCc1ccco1.I. The summed E-state index contributed by atoms with van der Waals surface area (Å²) in [6.45, 7) is 2.25. The summed E-state index contributed by atoms with van der Waals surface area (Å²) in [5.74, 6) is 1.47. The van der Waals surface area contributed by atoms with Crippen molar-refractivity contribution in [3.8, 4) is 0 Å². The molecular formula is C16H26IN7O2. The fourth-order valence-corrected chi connectivity index (χ4v) is 2.02. The van der Waals surface area contributed by atoms with E-state index in [9.17, 15) is 4.79 Å². The lowest BCUT2D eigenvalue weighted by Crippen LogP contribution is -2.40. The molecule has 0 aliphatic heterocycles. The lowest BCUT2D eigenvalue weighted by Gasteiger charge is -2.13. The molecule has 26 heavy (non-hydrogen) atoms. The Balaban J connectivity index is 0.00000338. The largest absolute Gasteiger partial charge is 0.469 e. The van der Waals surface area contributed by atoms with Gasteiger partial charge in [0, 0.05) is 46.3 Å². The molecule has 2 heterocycles. The number of carbonyl (C=O) groups is 1. The quantitative estimate of drug-likeness (QED) is 0.240. The zero-order valence-electron chi connectivity index (χ0n) is 15.1. The third-order valence-electron chi connectivity index (χ3n) is 3.44. The smallest absolute Gasteiger partial charge is 0.243 e. The second kappa shape index (κ2) is 12.3. The predicted octanol–water partition coefficient (Wildman–Crippen LogP) is 0.745. The molecule has 0 atom stereocenters. The van der Waals surface area contributed by atoms with Crippen molar-refractivity contribution >= 4 is 35.8 Å². The van der Waals surface area contributed by atoms with Crippen LogP contribution >= 0.6 is 24.0 Å². The summed E-state index contributed by atoms with van der Waals surface area (Å²) in [4.78, 5) is 17.6. The van der Waals surface area contributed by atoms with Gasteiger partial charge in [-0.25, -0.2) is 4.99 Å². The number of amides is 1. The molecule has 0 saturated heterocycles. The number of rotatable bonds is 9. The number of aliphatic imine (C=N–C) groups is 1. The van der Waals surface area contributed by atoms with Gasteiger partial charge < -0.3 is 20.0 Å². The molecule has 0 radical (unpaired) electrons.